The van der Waals surface area contributed by atoms with Crippen molar-refractivity contribution in [1.29, 1.82) is 0 Å². The Kier molecular flexibility index (Phi) is 4.03. The van der Waals surface area contributed by atoms with Crippen LogP contribution in [-0.4, -0.2) is 16.2 Å². The number of benzene rings is 1. The molecule has 0 atom stereocenters. The van der Waals surface area contributed by atoms with Gasteiger partial charge in [-0.2, -0.15) is 0 Å². The van der Waals surface area contributed by atoms with E-state index < -0.39 is 5.97 Å². The minimum atomic E-state index is -0.731. The molecule has 1 aliphatic rings. The Morgan fingerprint density at radius 1 is 1.28 bits per heavy atom. The lowest BCUT2D eigenvalue weighted by Crippen LogP contribution is -2.01. The fourth-order valence-corrected chi connectivity index (χ4v) is 2.47. The Morgan fingerprint density at radius 2 is 2.11 bits per heavy atom. The third-order valence-corrected chi connectivity index (χ3v) is 3.37. The summed E-state index contributed by atoms with van der Waals surface area (Å²) >= 11 is 0. The number of hydrogen-bond acceptors (Lipinski definition) is 2. The maximum absolute atomic E-state index is 10.4. The van der Waals surface area contributed by atoms with Crippen LogP contribution in [0.2, 0.25) is 0 Å². The highest BCUT2D eigenvalue weighted by molar-refractivity contribution is 5.72. The van der Waals surface area contributed by atoms with Gasteiger partial charge in [0.05, 0.1) is 0 Å². The number of unbranched alkanes of at least 4 members (excludes halogenated alkanes) is 1. The maximum atomic E-state index is 10.4. The lowest BCUT2D eigenvalue weighted by atomic mass is 9.87. The molecule has 1 aromatic carbocycles. The van der Waals surface area contributed by atoms with Gasteiger partial charge in [-0.1, -0.05) is 18.2 Å². The zero-order chi connectivity index (χ0) is 13.0. The first-order chi connectivity index (χ1) is 8.68. The molecule has 2 N–H and O–H groups in total. The summed E-state index contributed by atoms with van der Waals surface area (Å²) in [6, 6.07) is 5.63. The van der Waals surface area contributed by atoms with Crippen molar-refractivity contribution in [3.63, 3.8) is 0 Å². The van der Waals surface area contributed by atoms with E-state index in [1.807, 2.05) is 12.1 Å². The summed E-state index contributed by atoms with van der Waals surface area (Å²) in [5.41, 5.74) is 3.42. The number of carboxylic acids is 1. The number of allylic oxidation sites excluding steroid dienone is 2. The van der Waals surface area contributed by atoms with E-state index >= 15 is 0 Å². The van der Waals surface area contributed by atoms with Crippen LogP contribution in [0, 0.1) is 0 Å². The highest BCUT2D eigenvalue weighted by Crippen LogP contribution is 2.34. The van der Waals surface area contributed by atoms with Gasteiger partial charge in [0.1, 0.15) is 5.75 Å². The summed E-state index contributed by atoms with van der Waals surface area (Å²) in [5, 5.41) is 18.4. The van der Waals surface area contributed by atoms with Crippen LogP contribution in [0.4, 0.5) is 0 Å². The van der Waals surface area contributed by atoms with E-state index in [0.717, 1.165) is 36.8 Å². The summed E-state index contributed by atoms with van der Waals surface area (Å²) in [4.78, 5) is 10.4. The van der Waals surface area contributed by atoms with Crippen LogP contribution in [0.5, 0.6) is 5.75 Å². The fraction of sp³-hybridized carbons (Fsp3) is 0.400. The van der Waals surface area contributed by atoms with Gasteiger partial charge in [-0.3, -0.25) is 4.79 Å². The largest absolute Gasteiger partial charge is 0.508 e. The number of rotatable bonds is 5. The second kappa shape index (κ2) is 5.71. The number of hydrogen-bond donors (Lipinski definition) is 2. The van der Waals surface area contributed by atoms with Crippen LogP contribution < -0.4 is 0 Å². The van der Waals surface area contributed by atoms with E-state index in [9.17, 15) is 9.90 Å². The Morgan fingerprint density at radius 3 is 2.89 bits per heavy atom. The first-order valence-electron chi connectivity index (χ1n) is 6.40. The summed E-state index contributed by atoms with van der Waals surface area (Å²) in [6.45, 7) is 0. The van der Waals surface area contributed by atoms with Gasteiger partial charge in [0.2, 0.25) is 0 Å². The van der Waals surface area contributed by atoms with Gasteiger partial charge in [0.25, 0.3) is 0 Å². The molecule has 0 bridgehead atoms. The van der Waals surface area contributed by atoms with Crippen molar-refractivity contribution in [2.24, 2.45) is 0 Å². The van der Waals surface area contributed by atoms with Crippen LogP contribution >= 0.6 is 0 Å². The Bertz CT molecular complexity index is 475. The van der Waals surface area contributed by atoms with Gasteiger partial charge in [-0.15, -0.1) is 0 Å². The molecule has 96 valence electrons. The lowest BCUT2D eigenvalue weighted by Gasteiger charge is -2.18. The topological polar surface area (TPSA) is 57.5 Å². The minimum absolute atomic E-state index is 0.236. The maximum Gasteiger partial charge on any atom is 0.303 e. The molecule has 3 nitrogen and oxygen atoms in total. The van der Waals surface area contributed by atoms with Gasteiger partial charge < -0.3 is 10.2 Å². The molecule has 0 heterocycles. The first-order valence-corrected chi connectivity index (χ1v) is 6.40. The lowest BCUT2D eigenvalue weighted by molar-refractivity contribution is -0.137. The van der Waals surface area contributed by atoms with Gasteiger partial charge >= 0.3 is 5.97 Å². The summed E-state index contributed by atoms with van der Waals surface area (Å²) in [6.07, 6.45) is 6.78. The molecule has 1 aliphatic carbocycles. The average molecular weight is 246 g/mol. The number of carbonyl (C=O) groups is 1. The quantitative estimate of drug-likeness (QED) is 0.783. The van der Waals surface area contributed by atoms with Crippen LogP contribution in [0.25, 0.3) is 5.57 Å². The summed E-state index contributed by atoms with van der Waals surface area (Å²) in [7, 11) is 0. The number of aromatic hydroxyl groups is 1. The third kappa shape index (κ3) is 2.92. The molecule has 0 fully saturated rings. The minimum Gasteiger partial charge on any atom is -0.508 e. The van der Waals surface area contributed by atoms with Crippen molar-refractivity contribution in [3.05, 3.63) is 35.4 Å². The molecule has 0 saturated carbocycles. The smallest absolute Gasteiger partial charge is 0.303 e. The molecule has 1 aromatic rings. The highest BCUT2D eigenvalue weighted by atomic mass is 16.4. The standard InChI is InChI=1S/C15H18O3/c16-14-9-4-7-12-11(6-3-8-13(12)14)5-1-2-10-15(17)18/h4,6-7,9,16H,1-3,5,8,10H2,(H,17,18). The molecular formula is C15H18O3. The van der Waals surface area contributed by atoms with Crippen molar-refractivity contribution in [3.8, 4) is 5.75 Å². The predicted molar refractivity (Wildman–Crippen MR) is 70.5 cm³/mol. The van der Waals surface area contributed by atoms with Gasteiger partial charge in [0, 0.05) is 12.0 Å². The van der Waals surface area contributed by atoms with E-state index in [0.29, 0.717) is 12.2 Å². The van der Waals surface area contributed by atoms with Crippen LogP contribution in [-0.2, 0) is 11.2 Å². The molecule has 0 radical (unpaired) electrons. The molecule has 0 aromatic heterocycles. The van der Waals surface area contributed by atoms with Crippen molar-refractivity contribution in [2.45, 2.75) is 38.5 Å². The van der Waals surface area contributed by atoms with Gasteiger partial charge in [-0.05, 0) is 49.3 Å². The summed E-state index contributed by atoms with van der Waals surface area (Å²) in [5.74, 6) is -0.352. The Balaban J connectivity index is 2.00. The van der Waals surface area contributed by atoms with Gasteiger partial charge in [-0.25, -0.2) is 0 Å². The molecule has 0 saturated heterocycles. The SMILES string of the molecule is O=C(O)CCCCC1=CCCc2c(O)cccc21. The van der Waals surface area contributed by atoms with E-state index in [1.54, 1.807) is 6.07 Å². The number of carboxylic acid groups (broad SMARTS) is 1. The molecule has 0 amide bonds. The van der Waals surface area contributed by atoms with Crippen molar-refractivity contribution >= 4 is 11.5 Å². The Labute approximate surface area is 107 Å². The molecule has 18 heavy (non-hydrogen) atoms. The molecule has 3 heteroatoms. The van der Waals surface area contributed by atoms with Gasteiger partial charge in [0.15, 0.2) is 0 Å². The molecule has 0 spiro atoms. The zero-order valence-electron chi connectivity index (χ0n) is 10.4. The number of aliphatic carboxylic acids is 1. The van der Waals surface area contributed by atoms with Crippen LogP contribution in [0.1, 0.15) is 43.2 Å². The van der Waals surface area contributed by atoms with Crippen molar-refractivity contribution < 1.29 is 15.0 Å². The number of phenolic OH excluding ortho intramolecular Hbond substituents is 1. The molecule has 0 aliphatic heterocycles. The van der Waals surface area contributed by atoms with Crippen molar-refractivity contribution in [2.75, 3.05) is 0 Å². The number of fused-ring (bicyclic) bond motifs is 1. The first kappa shape index (κ1) is 12.7. The molecule has 2 rings (SSSR count). The average Bonchev–Trinajstić information content (AvgIpc) is 2.35. The Hall–Kier alpha value is -1.77. The highest BCUT2D eigenvalue weighted by Gasteiger charge is 2.15. The van der Waals surface area contributed by atoms with E-state index in [1.165, 1.54) is 5.57 Å². The monoisotopic (exact) mass is 246 g/mol. The second-order valence-corrected chi connectivity index (χ2v) is 4.67. The molecular weight excluding hydrogens is 228 g/mol. The normalized spacial score (nSPS) is 13.9. The van der Waals surface area contributed by atoms with E-state index in [4.69, 9.17) is 5.11 Å². The van der Waals surface area contributed by atoms with Crippen LogP contribution in [0.15, 0.2) is 24.3 Å². The molecule has 0 unspecified atom stereocenters. The van der Waals surface area contributed by atoms with Crippen molar-refractivity contribution in [1.82, 2.24) is 0 Å². The second-order valence-electron chi connectivity index (χ2n) is 4.67. The number of phenols is 1. The zero-order valence-corrected chi connectivity index (χ0v) is 10.4. The third-order valence-electron chi connectivity index (χ3n) is 3.37. The fourth-order valence-electron chi connectivity index (χ4n) is 2.47. The van der Waals surface area contributed by atoms with Crippen LogP contribution in [0.3, 0.4) is 0 Å². The van der Waals surface area contributed by atoms with E-state index in [-0.39, 0.29) is 6.42 Å². The predicted octanol–water partition coefficient (Wildman–Crippen LogP) is 3.37. The van der Waals surface area contributed by atoms with E-state index in [2.05, 4.69) is 6.08 Å². The summed E-state index contributed by atoms with van der Waals surface area (Å²) < 4.78 is 0.